The van der Waals surface area contributed by atoms with Crippen molar-refractivity contribution in [2.75, 3.05) is 0 Å². The fraction of sp³-hybridized carbons (Fsp3) is 0.562. The third kappa shape index (κ3) is 14.9. The maximum absolute atomic E-state index is 10.1. The quantitative estimate of drug-likeness (QED) is 0.279. The molecular formula is C16H26O. The van der Waals surface area contributed by atoms with Crippen molar-refractivity contribution >= 4 is 6.29 Å². The molecule has 1 heteroatoms. The van der Waals surface area contributed by atoms with Gasteiger partial charge in [0.15, 0.2) is 0 Å². The summed E-state index contributed by atoms with van der Waals surface area (Å²) in [5.74, 6) is 0. The van der Waals surface area contributed by atoms with Crippen LogP contribution in [0.2, 0.25) is 0 Å². The van der Waals surface area contributed by atoms with E-state index in [1.54, 1.807) is 0 Å². The van der Waals surface area contributed by atoms with Crippen LogP contribution in [-0.2, 0) is 4.79 Å². The predicted octanol–water partition coefficient (Wildman–Crippen LogP) is 4.99. The lowest BCUT2D eigenvalue weighted by Gasteiger charge is -1.96. The summed E-state index contributed by atoms with van der Waals surface area (Å²) in [6.07, 6.45) is 22.8. The summed E-state index contributed by atoms with van der Waals surface area (Å²) in [7, 11) is 0. The molecule has 0 fully saturated rings. The predicted molar refractivity (Wildman–Crippen MR) is 76.1 cm³/mol. The van der Waals surface area contributed by atoms with Gasteiger partial charge in [-0.15, -0.1) is 0 Å². The molecule has 0 radical (unpaired) electrons. The molecule has 0 aliphatic carbocycles. The number of carbonyl (C=O) groups is 1. The van der Waals surface area contributed by atoms with E-state index >= 15 is 0 Å². The summed E-state index contributed by atoms with van der Waals surface area (Å²) < 4.78 is 0. The van der Waals surface area contributed by atoms with Crippen molar-refractivity contribution in [1.29, 1.82) is 0 Å². The molecule has 0 saturated carbocycles. The highest BCUT2D eigenvalue weighted by Crippen LogP contribution is 2.06. The zero-order valence-electron chi connectivity index (χ0n) is 11.1. The second kappa shape index (κ2) is 14.9. The topological polar surface area (TPSA) is 17.1 Å². The third-order valence-corrected chi connectivity index (χ3v) is 2.53. The molecule has 0 bridgehead atoms. The van der Waals surface area contributed by atoms with Gasteiger partial charge < -0.3 is 4.79 Å². The molecule has 0 unspecified atom stereocenters. The molecule has 1 nitrogen and oxygen atoms in total. The highest BCUT2D eigenvalue weighted by atomic mass is 16.1. The second-order valence-corrected chi connectivity index (χ2v) is 4.16. The van der Waals surface area contributed by atoms with Gasteiger partial charge >= 0.3 is 0 Å². The zero-order valence-corrected chi connectivity index (χ0v) is 11.1. The van der Waals surface area contributed by atoms with Gasteiger partial charge in [-0.05, 0) is 25.7 Å². The van der Waals surface area contributed by atoms with Gasteiger partial charge in [0, 0.05) is 6.42 Å². The fourth-order valence-corrected chi connectivity index (χ4v) is 1.54. The number of aldehydes is 1. The number of rotatable bonds is 11. The van der Waals surface area contributed by atoms with Gasteiger partial charge in [-0.2, -0.15) is 0 Å². The summed E-state index contributed by atoms with van der Waals surface area (Å²) in [5.41, 5.74) is 0. The molecule has 0 aromatic heterocycles. The smallest absolute Gasteiger partial charge is 0.119 e. The van der Waals surface area contributed by atoms with E-state index in [1.165, 1.54) is 25.7 Å². The first-order valence-corrected chi connectivity index (χ1v) is 6.83. The molecule has 0 amide bonds. The lowest BCUT2D eigenvalue weighted by Crippen LogP contribution is -1.79. The Balaban J connectivity index is 3.21. The molecule has 0 spiro atoms. The van der Waals surface area contributed by atoms with Gasteiger partial charge in [0.25, 0.3) is 0 Å². The van der Waals surface area contributed by atoms with Gasteiger partial charge in [-0.1, -0.05) is 62.6 Å². The standard InChI is InChI=1S/C16H26O/c1-2-3-4-5-6-7-8-9-10-11-12-13-14-15-16-17/h3-8,16H,2,9-15H2,1H3. The highest BCUT2D eigenvalue weighted by molar-refractivity contribution is 5.48. The molecule has 0 aliphatic heterocycles. The Bertz CT molecular complexity index is 236. The Kier molecular flexibility index (Phi) is 13.9. The second-order valence-electron chi connectivity index (χ2n) is 4.16. The lowest BCUT2D eigenvalue weighted by atomic mass is 10.1. The molecule has 0 aliphatic rings. The van der Waals surface area contributed by atoms with E-state index in [9.17, 15) is 4.79 Å². The first-order valence-electron chi connectivity index (χ1n) is 6.83. The van der Waals surface area contributed by atoms with E-state index < -0.39 is 0 Å². The van der Waals surface area contributed by atoms with Crippen molar-refractivity contribution in [3.8, 4) is 0 Å². The van der Waals surface area contributed by atoms with Crippen molar-refractivity contribution in [2.45, 2.75) is 58.3 Å². The minimum atomic E-state index is 0.732. The Morgan fingerprint density at radius 2 is 1.29 bits per heavy atom. The number of carbonyl (C=O) groups excluding carboxylic acids is 1. The molecule has 96 valence electrons. The van der Waals surface area contributed by atoms with Crippen LogP contribution in [0.15, 0.2) is 36.5 Å². The Labute approximate surface area is 106 Å². The van der Waals surface area contributed by atoms with Crippen LogP contribution in [0.25, 0.3) is 0 Å². The van der Waals surface area contributed by atoms with Crippen LogP contribution < -0.4 is 0 Å². The summed E-state index contributed by atoms with van der Waals surface area (Å²) in [6, 6.07) is 0. The number of allylic oxidation sites excluding steroid dienone is 6. The molecular weight excluding hydrogens is 208 g/mol. The van der Waals surface area contributed by atoms with Crippen LogP contribution in [0.4, 0.5) is 0 Å². The van der Waals surface area contributed by atoms with Gasteiger partial charge in [-0.25, -0.2) is 0 Å². The summed E-state index contributed by atoms with van der Waals surface area (Å²) in [4.78, 5) is 10.1. The molecule has 0 saturated heterocycles. The molecule has 0 atom stereocenters. The van der Waals surface area contributed by atoms with E-state index in [0.29, 0.717) is 0 Å². The average Bonchev–Trinajstić information content (AvgIpc) is 2.35. The molecule has 0 heterocycles. The third-order valence-electron chi connectivity index (χ3n) is 2.53. The van der Waals surface area contributed by atoms with Gasteiger partial charge in [0.1, 0.15) is 6.29 Å². The summed E-state index contributed by atoms with van der Waals surface area (Å²) in [6.45, 7) is 2.13. The van der Waals surface area contributed by atoms with Gasteiger partial charge in [0.2, 0.25) is 0 Å². The van der Waals surface area contributed by atoms with E-state index in [2.05, 4.69) is 43.4 Å². The van der Waals surface area contributed by atoms with Crippen LogP contribution in [-0.4, -0.2) is 6.29 Å². The maximum atomic E-state index is 10.1. The van der Waals surface area contributed by atoms with Crippen molar-refractivity contribution in [3.63, 3.8) is 0 Å². The first-order chi connectivity index (χ1) is 8.41. The van der Waals surface area contributed by atoms with E-state index in [4.69, 9.17) is 0 Å². The van der Waals surface area contributed by atoms with E-state index in [1.807, 2.05) is 0 Å². The van der Waals surface area contributed by atoms with Crippen molar-refractivity contribution in [2.24, 2.45) is 0 Å². The van der Waals surface area contributed by atoms with Crippen LogP contribution in [0.5, 0.6) is 0 Å². The zero-order chi connectivity index (χ0) is 12.6. The maximum Gasteiger partial charge on any atom is 0.119 e. The summed E-state index contributed by atoms with van der Waals surface area (Å²) >= 11 is 0. The number of unbranched alkanes of at least 4 members (excludes halogenated alkanes) is 6. The van der Waals surface area contributed by atoms with Gasteiger partial charge in [-0.3, -0.25) is 0 Å². The minimum Gasteiger partial charge on any atom is -0.303 e. The molecule has 0 aromatic rings. The van der Waals surface area contributed by atoms with Crippen LogP contribution >= 0.6 is 0 Å². The Morgan fingerprint density at radius 3 is 1.94 bits per heavy atom. The van der Waals surface area contributed by atoms with E-state index in [-0.39, 0.29) is 0 Å². The van der Waals surface area contributed by atoms with E-state index in [0.717, 1.165) is 32.0 Å². The first kappa shape index (κ1) is 15.9. The average molecular weight is 234 g/mol. The van der Waals surface area contributed by atoms with Crippen LogP contribution in [0.3, 0.4) is 0 Å². The minimum absolute atomic E-state index is 0.732. The summed E-state index contributed by atoms with van der Waals surface area (Å²) in [5, 5.41) is 0. The normalized spacial score (nSPS) is 12.1. The Morgan fingerprint density at radius 1 is 0.706 bits per heavy atom. The van der Waals surface area contributed by atoms with Crippen molar-refractivity contribution < 1.29 is 4.79 Å². The molecule has 0 N–H and O–H groups in total. The van der Waals surface area contributed by atoms with Gasteiger partial charge in [0.05, 0.1) is 0 Å². The van der Waals surface area contributed by atoms with Crippen LogP contribution in [0.1, 0.15) is 58.3 Å². The molecule has 17 heavy (non-hydrogen) atoms. The number of hydrogen-bond acceptors (Lipinski definition) is 1. The fourth-order valence-electron chi connectivity index (χ4n) is 1.54. The highest BCUT2D eigenvalue weighted by Gasteiger charge is 1.88. The van der Waals surface area contributed by atoms with Crippen LogP contribution in [0, 0.1) is 0 Å². The SMILES string of the molecule is CCC=CC=CC=CCCCCCCCC=O. The monoisotopic (exact) mass is 234 g/mol. The molecule has 0 aromatic carbocycles. The van der Waals surface area contributed by atoms with Crippen molar-refractivity contribution in [3.05, 3.63) is 36.5 Å². The van der Waals surface area contributed by atoms with Crippen molar-refractivity contribution in [1.82, 2.24) is 0 Å². The molecule has 0 rings (SSSR count). The largest absolute Gasteiger partial charge is 0.303 e. The lowest BCUT2D eigenvalue weighted by molar-refractivity contribution is -0.107. The Hall–Kier alpha value is -1.11. The number of hydrogen-bond donors (Lipinski definition) is 0.